The number of carbonyl (C=O) groups excluding carboxylic acids is 3. The maximum Gasteiger partial charge on any atom is 0.258 e. The van der Waals surface area contributed by atoms with Gasteiger partial charge >= 0.3 is 0 Å². The molecule has 0 spiro atoms. The standard InChI is InChI=1S/C49H54N8O5S2/c1-26-30(5)64-48-41(26)42(51-29(4)45-55-54-31(6)57(45)48)35-14-12-33(13-15-35)34-18-20-38(21-19-34)62-24-40(59)53-44(49(7,8)9)47(61)56-23-37(58)22-39(56)46(60)52-27(2)32-10-16-36(17-11-32)43-28(3)50-25-63-43/h10-21,25,27,29,37,39,44,58H,22-24H2,1-9H3,(H,52,60)(H,53,59)/t27-,29-,37+,39-,44?/m0/s1. The van der Waals surface area contributed by atoms with Crippen molar-refractivity contribution in [1.29, 1.82) is 0 Å². The van der Waals surface area contributed by atoms with Gasteiger partial charge in [-0.05, 0) is 86.9 Å². The van der Waals surface area contributed by atoms with Crippen LogP contribution in [-0.2, 0) is 14.4 Å². The second-order valence-corrected chi connectivity index (χ2v) is 19.9. The summed E-state index contributed by atoms with van der Waals surface area (Å²) < 4.78 is 8.04. The molecular formula is C49H54N8O5S2. The molecule has 2 aliphatic heterocycles. The van der Waals surface area contributed by atoms with Crippen LogP contribution in [0.25, 0.3) is 26.6 Å². The summed E-state index contributed by atoms with van der Waals surface area (Å²) in [7, 11) is 0. The zero-order valence-corrected chi connectivity index (χ0v) is 39.2. The molecule has 8 rings (SSSR count). The zero-order chi connectivity index (χ0) is 45.6. The Hall–Kier alpha value is -6.03. The molecule has 3 aromatic carbocycles. The Labute approximate surface area is 381 Å². The summed E-state index contributed by atoms with van der Waals surface area (Å²) >= 11 is 3.32. The Bertz CT molecular complexity index is 2730. The fourth-order valence-electron chi connectivity index (χ4n) is 8.41. The van der Waals surface area contributed by atoms with Gasteiger partial charge in [0.05, 0.1) is 33.9 Å². The summed E-state index contributed by atoms with van der Waals surface area (Å²) in [5, 5.41) is 26.5. The quantitative estimate of drug-likeness (QED) is 0.118. The first-order valence-corrected chi connectivity index (χ1v) is 23.2. The highest BCUT2D eigenvalue weighted by Gasteiger charge is 2.45. The molecule has 1 saturated heterocycles. The number of nitrogens with zero attached hydrogens (tertiary/aromatic N) is 6. The summed E-state index contributed by atoms with van der Waals surface area (Å²) in [4.78, 5) is 54.5. The summed E-state index contributed by atoms with van der Waals surface area (Å²) in [6.45, 7) is 17.4. The van der Waals surface area contributed by atoms with E-state index in [1.807, 2.05) is 95.6 Å². The van der Waals surface area contributed by atoms with Crippen LogP contribution in [0.2, 0.25) is 0 Å². The Morgan fingerprint density at radius 3 is 2.17 bits per heavy atom. The number of aromatic nitrogens is 4. The molecule has 5 atom stereocenters. The third-order valence-corrected chi connectivity index (χ3v) is 14.3. The Balaban J connectivity index is 0.887. The number of aliphatic hydroxyl groups is 1. The zero-order valence-electron chi connectivity index (χ0n) is 37.6. The number of rotatable bonds is 11. The van der Waals surface area contributed by atoms with Gasteiger partial charge in [0.15, 0.2) is 12.4 Å². The van der Waals surface area contributed by atoms with Gasteiger partial charge in [-0.15, -0.1) is 32.9 Å². The molecule has 2 aliphatic rings. The molecular weight excluding hydrogens is 845 g/mol. The van der Waals surface area contributed by atoms with E-state index in [0.717, 1.165) is 66.3 Å². The number of β-amino-alcohol motifs (C(OH)–C–C–N with tert-alkyl or cyclic N) is 1. The average Bonchev–Trinajstić information content (AvgIpc) is 4.04. The maximum absolute atomic E-state index is 14.2. The number of aryl methyl sites for hydroxylation is 3. The molecule has 64 heavy (non-hydrogen) atoms. The number of amides is 3. The number of likely N-dealkylation sites (tertiary alicyclic amines) is 1. The van der Waals surface area contributed by atoms with Crippen LogP contribution in [-0.4, -0.2) is 84.5 Å². The molecule has 0 aliphatic carbocycles. The molecule has 3 aromatic heterocycles. The van der Waals surface area contributed by atoms with Crippen LogP contribution in [0.1, 0.15) is 97.6 Å². The van der Waals surface area contributed by atoms with Crippen LogP contribution < -0.4 is 15.4 Å². The van der Waals surface area contributed by atoms with Crippen LogP contribution in [0.4, 0.5) is 0 Å². The molecule has 15 heteroatoms. The lowest BCUT2D eigenvalue weighted by Gasteiger charge is -2.35. The maximum atomic E-state index is 14.2. The summed E-state index contributed by atoms with van der Waals surface area (Å²) in [6.07, 6.45) is -0.786. The fraction of sp³-hybridized carbons (Fsp3) is 0.367. The average molecular weight is 899 g/mol. The van der Waals surface area contributed by atoms with E-state index in [0.29, 0.717) is 5.75 Å². The van der Waals surface area contributed by atoms with Crippen molar-refractivity contribution in [1.82, 2.24) is 35.3 Å². The summed E-state index contributed by atoms with van der Waals surface area (Å²) in [6, 6.07) is 21.4. The lowest BCUT2D eigenvalue weighted by Crippen LogP contribution is -2.58. The molecule has 6 aromatic rings. The van der Waals surface area contributed by atoms with Crippen molar-refractivity contribution in [3.63, 3.8) is 0 Å². The molecule has 1 unspecified atom stereocenters. The van der Waals surface area contributed by atoms with Crippen LogP contribution >= 0.6 is 22.7 Å². The van der Waals surface area contributed by atoms with Crippen molar-refractivity contribution in [3.05, 3.63) is 123 Å². The topological polar surface area (TPSA) is 164 Å². The van der Waals surface area contributed by atoms with Crippen molar-refractivity contribution in [2.24, 2.45) is 10.4 Å². The van der Waals surface area contributed by atoms with Gasteiger partial charge < -0.3 is 25.4 Å². The highest BCUT2D eigenvalue weighted by molar-refractivity contribution is 7.15. The molecule has 0 radical (unpaired) electrons. The van der Waals surface area contributed by atoms with Gasteiger partial charge in [-0.1, -0.05) is 81.4 Å². The smallest absolute Gasteiger partial charge is 0.258 e. The van der Waals surface area contributed by atoms with Gasteiger partial charge in [0.2, 0.25) is 11.8 Å². The van der Waals surface area contributed by atoms with E-state index in [4.69, 9.17) is 9.73 Å². The minimum absolute atomic E-state index is 0.0184. The number of aliphatic imine (C=N–C) groups is 1. The van der Waals surface area contributed by atoms with Gasteiger partial charge in [-0.2, -0.15) is 0 Å². The number of thiophene rings is 1. The number of hydrogen-bond acceptors (Lipinski definition) is 11. The van der Waals surface area contributed by atoms with Crippen molar-refractivity contribution in [2.75, 3.05) is 13.2 Å². The Kier molecular flexibility index (Phi) is 12.4. The number of carbonyl (C=O) groups is 3. The number of ether oxygens (including phenoxy) is 1. The molecule has 5 heterocycles. The van der Waals surface area contributed by atoms with Gasteiger partial charge in [0, 0.05) is 29.0 Å². The first kappa shape index (κ1) is 44.6. The van der Waals surface area contributed by atoms with Crippen LogP contribution in [0.3, 0.4) is 0 Å². The van der Waals surface area contributed by atoms with Gasteiger partial charge in [0.1, 0.15) is 34.7 Å². The van der Waals surface area contributed by atoms with E-state index >= 15 is 0 Å². The van der Waals surface area contributed by atoms with Crippen molar-refractivity contribution >= 4 is 46.1 Å². The first-order valence-electron chi connectivity index (χ1n) is 21.5. The summed E-state index contributed by atoms with van der Waals surface area (Å²) in [5.74, 6) is 0.884. The molecule has 3 N–H and O–H groups in total. The Morgan fingerprint density at radius 1 is 0.891 bits per heavy atom. The van der Waals surface area contributed by atoms with Crippen LogP contribution in [0.5, 0.6) is 5.75 Å². The lowest BCUT2D eigenvalue weighted by atomic mass is 9.85. The van der Waals surface area contributed by atoms with Crippen LogP contribution in [0.15, 0.2) is 83.3 Å². The van der Waals surface area contributed by atoms with E-state index in [9.17, 15) is 19.5 Å². The minimum Gasteiger partial charge on any atom is -0.484 e. The SMILES string of the molecule is Cc1ncsc1-c1ccc([C@H](C)NC(=O)[C@@H]2C[C@@H](O)CN2C(=O)C(NC(=O)COc2ccc(-c3ccc(C4=N[C@@H](C)c5nnc(C)n5-c5sc(C)c(C)c54)cc3)cc2)C(C)(C)C)cc1. The molecule has 0 saturated carbocycles. The van der Waals surface area contributed by atoms with Crippen molar-refractivity contribution < 1.29 is 24.2 Å². The van der Waals surface area contributed by atoms with Crippen LogP contribution in [0, 0.1) is 33.1 Å². The molecule has 332 valence electrons. The molecule has 3 amide bonds. The summed E-state index contributed by atoms with van der Waals surface area (Å²) in [5.41, 5.74) is 10.3. The number of hydrogen-bond donors (Lipinski definition) is 3. The fourth-order valence-corrected chi connectivity index (χ4v) is 10.4. The molecule has 0 bridgehead atoms. The van der Waals surface area contributed by atoms with Crippen molar-refractivity contribution in [2.45, 2.75) is 99.0 Å². The number of benzene rings is 3. The predicted molar refractivity (Wildman–Crippen MR) is 251 cm³/mol. The number of nitrogens with one attached hydrogen (secondary N) is 2. The Morgan fingerprint density at radius 2 is 1.53 bits per heavy atom. The van der Waals surface area contributed by atoms with Gasteiger partial charge in [-0.3, -0.25) is 23.9 Å². The van der Waals surface area contributed by atoms with Gasteiger partial charge in [-0.25, -0.2) is 4.98 Å². The van der Waals surface area contributed by atoms with E-state index in [1.54, 1.807) is 22.7 Å². The number of aliphatic hydroxyl groups excluding tert-OH is 1. The van der Waals surface area contributed by atoms with E-state index in [-0.39, 0.29) is 37.6 Å². The molecule has 13 nitrogen and oxygen atoms in total. The minimum atomic E-state index is -0.981. The normalized spacial score (nSPS) is 18.1. The second-order valence-electron chi connectivity index (χ2n) is 17.8. The second kappa shape index (κ2) is 17.9. The van der Waals surface area contributed by atoms with E-state index < -0.39 is 35.4 Å². The largest absolute Gasteiger partial charge is 0.484 e. The van der Waals surface area contributed by atoms with Gasteiger partial charge in [0.25, 0.3) is 5.91 Å². The van der Waals surface area contributed by atoms with Crippen molar-refractivity contribution in [3.8, 4) is 32.3 Å². The number of fused-ring (bicyclic) bond motifs is 3. The third kappa shape index (κ3) is 8.88. The molecule has 1 fully saturated rings. The third-order valence-electron chi connectivity index (χ3n) is 12.1. The predicted octanol–water partition coefficient (Wildman–Crippen LogP) is 8.01. The number of thiazole rings is 1. The monoisotopic (exact) mass is 898 g/mol. The highest BCUT2D eigenvalue weighted by atomic mass is 32.1. The first-order chi connectivity index (χ1) is 30.5. The lowest BCUT2D eigenvalue weighted by molar-refractivity contribution is -0.144. The highest BCUT2D eigenvalue weighted by Crippen LogP contribution is 2.39. The van der Waals surface area contributed by atoms with E-state index in [1.165, 1.54) is 15.3 Å². The van der Waals surface area contributed by atoms with E-state index in [2.05, 4.69) is 75.4 Å².